The number of hydrogen-bond acceptors (Lipinski definition) is 7. The number of fused-ring (bicyclic) bond motifs is 3. The summed E-state index contributed by atoms with van der Waals surface area (Å²) < 4.78 is 39.7. The Morgan fingerprint density at radius 2 is 1.81 bits per heavy atom. The summed E-state index contributed by atoms with van der Waals surface area (Å²) in [5.41, 5.74) is -2.14. The first kappa shape index (κ1) is 23.8. The number of hydrogen-bond donors (Lipinski definition) is 0. The number of carbonyl (C=O) groups excluding carboxylic acids is 4. The van der Waals surface area contributed by atoms with Crippen LogP contribution in [0.5, 0.6) is 0 Å². The van der Waals surface area contributed by atoms with Crippen LogP contribution in [-0.4, -0.2) is 44.2 Å². The van der Waals surface area contributed by atoms with Crippen LogP contribution in [0.3, 0.4) is 0 Å². The second kappa shape index (κ2) is 8.05. The summed E-state index contributed by atoms with van der Waals surface area (Å²) in [5, 5.41) is 4.84. The summed E-state index contributed by atoms with van der Waals surface area (Å²) >= 11 is 1.03. The zero-order valence-electron chi connectivity index (χ0n) is 18.9. The molecule has 1 saturated heterocycles. The lowest BCUT2D eigenvalue weighted by Gasteiger charge is -2.37. The fraction of sp³-hybridized carbons (Fsp3) is 0.250. The van der Waals surface area contributed by atoms with Crippen LogP contribution in [0.15, 0.2) is 47.6 Å². The Kier molecular flexibility index (Phi) is 5.32. The number of alkyl halides is 3. The Balaban J connectivity index is 1.58. The molecule has 184 valence electrons. The van der Waals surface area contributed by atoms with E-state index < -0.39 is 47.2 Å². The van der Waals surface area contributed by atoms with Crippen LogP contribution in [0.25, 0.3) is 10.2 Å². The number of hydrazone groups is 1. The number of rotatable bonds is 3. The van der Waals surface area contributed by atoms with Gasteiger partial charge in [-0.15, -0.1) is 11.3 Å². The number of aromatic nitrogens is 1. The molecule has 3 heterocycles. The van der Waals surface area contributed by atoms with Crippen molar-refractivity contribution in [2.45, 2.75) is 38.4 Å². The molecule has 36 heavy (non-hydrogen) atoms. The smallest absolute Gasteiger partial charge is 0.273 e. The number of imide groups is 2. The van der Waals surface area contributed by atoms with Gasteiger partial charge in [-0.1, -0.05) is 18.2 Å². The molecule has 1 spiro atoms. The van der Waals surface area contributed by atoms with Crippen molar-refractivity contribution in [3.8, 4) is 0 Å². The van der Waals surface area contributed by atoms with Gasteiger partial charge in [-0.3, -0.25) is 24.1 Å². The molecule has 0 N–H and O–H groups in total. The molecule has 1 atom stereocenters. The number of nitrogens with zero attached hydrogens (tertiary/aromatic N) is 4. The van der Waals surface area contributed by atoms with Gasteiger partial charge in [-0.2, -0.15) is 23.3 Å². The molecule has 1 fully saturated rings. The number of halogens is 3. The zero-order valence-corrected chi connectivity index (χ0v) is 19.7. The Morgan fingerprint density at radius 1 is 1.08 bits per heavy atom. The molecule has 0 bridgehead atoms. The third kappa shape index (κ3) is 3.51. The first-order chi connectivity index (χ1) is 16.9. The fourth-order valence-electron chi connectivity index (χ4n) is 4.47. The number of carbonyl (C=O) groups is 4. The van der Waals surface area contributed by atoms with E-state index in [9.17, 15) is 32.3 Å². The van der Waals surface area contributed by atoms with E-state index in [1.807, 2.05) is 0 Å². The van der Waals surface area contributed by atoms with Crippen molar-refractivity contribution >= 4 is 50.9 Å². The summed E-state index contributed by atoms with van der Waals surface area (Å²) in [5.74, 6) is -3.13. The largest absolute Gasteiger partial charge is 0.416 e. The van der Waals surface area contributed by atoms with Crippen molar-refractivity contribution in [1.82, 2.24) is 14.9 Å². The van der Waals surface area contributed by atoms with E-state index in [4.69, 9.17) is 0 Å². The highest BCUT2D eigenvalue weighted by molar-refractivity contribution is 7.18. The van der Waals surface area contributed by atoms with Gasteiger partial charge in [0.05, 0.1) is 28.7 Å². The maximum atomic E-state index is 13.8. The molecule has 4 amide bonds. The average molecular weight is 514 g/mol. The Morgan fingerprint density at radius 3 is 2.50 bits per heavy atom. The molecule has 5 rings (SSSR count). The van der Waals surface area contributed by atoms with E-state index >= 15 is 0 Å². The molecule has 0 aliphatic carbocycles. The molecule has 12 heteroatoms. The summed E-state index contributed by atoms with van der Waals surface area (Å²) in [6.45, 7) is 2.82. The van der Waals surface area contributed by atoms with Crippen LogP contribution in [0.2, 0.25) is 0 Å². The van der Waals surface area contributed by atoms with Gasteiger partial charge < -0.3 is 0 Å². The topological polar surface area (TPSA) is 100 Å². The van der Waals surface area contributed by atoms with Crippen molar-refractivity contribution in [2.75, 3.05) is 0 Å². The van der Waals surface area contributed by atoms with Gasteiger partial charge in [0.25, 0.3) is 23.6 Å². The monoisotopic (exact) mass is 514 g/mol. The second-order valence-corrected chi connectivity index (χ2v) is 9.79. The molecule has 8 nitrogen and oxygen atoms in total. The molecule has 1 unspecified atom stereocenters. The van der Waals surface area contributed by atoms with Crippen LogP contribution in [0, 0.1) is 0 Å². The van der Waals surface area contributed by atoms with E-state index in [-0.39, 0.29) is 28.2 Å². The molecule has 1 aromatic heterocycles. The SMILES string of the molecule is CC(C)=NN1C(=O)CC2(C(=O)N(Cc3nc4cc(C(F)(F)F)ccc4s3)C(=O)c3ccccc32)C1=O. The van der Waals surface area contributed by atoms with Crippen LogP contribution >= 0.6 is 11.3 Å². The van der Waals surface area contributed by atoms with E-state index in [2.05, 4.69) is 10.1 Å². The number of amides is 4. The van der Waals surface area contributed by atoms with E-state index in [1.54, 1.807) is 26.0 Å². The van der Waals surface area contributed by atoms with Gasteiger partial charge in [-0.05, 0) is 43.7 Å². The zero-order chi connectivity index (χ0) is 26.0. The van der Waals surface area contributed by atoms with Crippen LogP contribution in [0.1, 0.15) is 46.8 Å². The summed E-state index contributed by atoms with van der Waals surface area (Å²) in [6, 6.07) is 9.17. The van der Waals surface area contributed by atoms with E-state index in [0.717, 1.165) is 28.4 Å². The van der Waals surface area contributed by atoms with Gasteiger partial charge in [-0.25, -0.2) is 4.98 Å². The molecule has 2 aromatic carbocycles. The number of thiazole rings is 1. The fourth-order valence-corrected chi connectivity index (χ4v) is 5.41. The van der Waals surface area contributed by atoms with Crippen molar-refractivity contribution in [1.29, 1.82) is 0 Å². The normalized spacial score (nSPS) is 20.0. The third-order valence-electron chi connectivity index (χ3n) is 6.04. The maximum Gasteiger partial charge on any atom is 0.416 e. The molecule has 0 radical (unpaired) electrons. The van der Waals surface area contributed by atoms with Crippen LogP contribution in [0.4, 0.5) is 13.2 Å². The minimum Gasteiger partial charge on any atom is -0.273 e. The summed E-state index contributed by atoms with van der Waals surface area (Å²) in [6.07, 6.45) is -5.05. The van der Waals surface area contributed by atoms with Gasteiger partial charge >= 0.3 is 6.18 Å². The lowest BCUT2D eigenvalue weighted by atomic mass is 9.72. The third-order valence-corrected chi connectivity index (χ3v) is 7.06. The highest BCUT2D eigenvalue weighted by Gasteiger charge is 2.63. The van der Waals surface area contributed by atoms with Crippen molar-refractivity contribution in [2.24, 2.45) is 5.10 Å². The van der Waals surface area contributed by atoms with Crippen molar-refractivity contribution in [3.05, 3.63) is 64.2 Å². The molecule has 0 saturated carbocycles. The van der Waals surface area contributed by atoms with Gasteiger partial charge in [0.1, 0.15) is 5.01 Å². The van der Waals surface area contributed by atoms with Crippen LogP contribution < -0.4 is 0 Å². The average Bonchev–Trinajstić information content (AvgIpc) is 3.33. The van der Waals surface area contributed by atoms with Crippen LogP contribution in [-0.2, 0) is 32.5 Å². The molecular weight excluding hydrogens is 497 g/mol. The summed E-state index contributed by atoms with van der Waals surface area (Å²) in [4.78, 5) is 58.4. The molecule has 3 aromatic rings. The van der Waals surface area contributed by atoms with Crippen molar-refractivity contribution in [3.63, 3.8) is 0 Å². The highest BCUT2D eigenvalue weighted by Crippen LogP contribution is 2.44. The van der Waals surface area contributed by atoms with Crippen molar-refractivity contribution < 1.29 is 32.3 Å². The van der Waals surface area contributed by atoms with Gasteiger partial charge in [0.15, 0.2) is 5.41 Å². The Hall–Kier alpha value is -3.93. The maximum absolute atomic E-state index is 13.8. The minimum absolute atomic E-state index is 0.0721. The quantitative estimate of drug-likeness (QED) is 0.300. The molecular formula is C24H17F3N4O4S. The van der Waals surface area contributed by atoms with Gasteiger partial charge in [0.2, 0.25) is 0 Å². The predicted molar refractivity (Wildman–Crippen MR) is 123 cm³/mol. The molecule has 2 aliphatic heterocycles. The highest BCUT2D eigenvalue weighted by atomic mass is 32.1. The van der Waals surface area contributed by atoms with E-state index in [0.29, 0.717) is 15.4 Å². The second-order valence-electron chi connectivity index (χ2n) is 8.67. The summed E-state index contributed by atoms with van der Waals surface area (Å²) in [7, 11) is 0. The Labute approximate surface area is 206 Å². The first-order valence-electron chi connectivity index (χ1n) is 10.7. The standard InChI is InChI=1S/C24H17F3N4O4S/c1-12(2)29-31-19(32)10-23(22(31)35)15-6-4-3-5-14(15)20(33)30(21(23)34)11-18-28-16-9-13(24(25,26)27)7-8-17(16)36-18/h3-9H,10-11H2,1-2H3. The van der Waals surface area contributed by atoms with Gasteiger partial charge in [0, 0.05) is 11.3 Å². The first-order valence-corrected chi connectivity index (χ1v) is 11.6. The number of benzene rings is 2. The lowest BCUT2D eigenvalue weighted by molar-refractivity contribution is -0.146. The van der Waals surface area contributed by atoms with E-state index in [1.165, 1.54) is 18.2 Å². The predicted octanol–water partition coefficient (Wildman–Crippen LogP) is 3.89. The Bertz CT molecular complexity index is 1510. The lowest BCUT2D eigenvalue weighted by Crippen LogP contribution is -2.57. The molecule has 2 aliphatic rings. The minimum atomic E-state index is -4.55.